The highest BCUT2D eigenvalue weighted by molar-refractivity contribution is 4.93. The summed E-state index contributed by atoms with van der Waals surface area (Å²) in [5, 5.41) is 7.53. The van der Waals surface area contributed by atoms with Gasteiger partial charge in [0.15, 0.2) is 0 Å². The third kappa shape index (κ3) is 4.44. The second kappa shape index (κ2) is 7.05. The summed E-state index contributed by atoms with van der Waals surface area (Å²) in [7, 11) is 0. The molecule has 2 aliphatic rings. The summed E-state index contributed by atoms with van der Waals surface area (Å²) in [5.74, 6) is 0.852. The summed E-state index contributed by atoms with van der Waals surface area (Å²) >= 11 is 0. The van der Waals surface area contributed by atoms with Gasteiger partial charge in [0, 0.05) is 30.7 Å². The molecule has 0 aromatic carbocycles. The topological polar surface area (TPSA) is 33.3 Å². The van der Waals surface area contributed by atoms with Gasteiger partial charge >= 0.3 is 0 Å². The summed E-state index contributed by atoms with van der Waals surface area (Å²) in [6.45, 7) is 10.6. The van der Waals surface area contributed by atoms with Crippen LogP contribution >= 0.6 is 0 Å². The van der Waals surface area contributed by atoms with Crippen LogP contribution in [0.15, 0.2) is 0 Å². The van der Waals surface area contributed by atoms with Crippen LogP contribution in [0.25, 0.3) is 0 Å². The minimum absolute atomic E-state index is 0.242. The molecular weight excluding hydrogens is 236 g/mol. The zero-order valence-electron chi connectivity index (χ0n) is 13.0. The van der Waals surface area contributed by atoms with Gasteiger partial charge in [-0.25, -0.2) is 0 Å². The molecule has 2 fully saturated rings. The van der Waals surface area contributed by atoms with Crippen LogP contribution in [0.3, 0.4) is 0 Å². The lowest BCUT2D eigenvalue weighted by molar-refractivity contribution is 0.0676. The number of hydrogen-bond acceptors (Lipinski definition) is 3. The van der Waals surface area contributed by atoms with Gasteiger partial charge in [0.05, 0.1) is 6.61 Å². The van der Waals surface area contributed by atoms with E-state index >= 15 is 0 Å². The molecule has 0 aromatic rings. The fourth-order valence-electron chi connectivity index (χ4n) is 3.64. The average molecular weight is 268 g/mol. The van der Waals surface area contributed by atoms with Gasteiger partial charge in [0.25, 0.3) is 0 Å². The molecule has 3 atom stereocenters. The summed E-state index contributed by atoms with van der Waals surface area (Å²) in [4.78, 5) is 0. The Morgan fingerprint density at radius 2 is 2.05 bits per heavy atom. The predicted molar refractivity (Wildman–Crippen MR) is 80.4 cm³/mol. The van der Waals surface area contributed by atoms with Crippen molar-refractivity contribution < 1.29 is 4.74 Å². The molecule has 0 amide bonds. The maximum absolute atomic E-state index is 5.59. The van der Waals surface area contributed by atoms with Crippen molar-refractivity contribution >= 4 is 0 Å². The fourth-order valence-corrected chi connectivity index (χ4v) is 3.64. The van der Waals surface area contributed by atoms with Gasteiger partial charge in [-0.05, 0) is 45.1 Å². The van der Waals surface area contributed by atoms with E-state index in [1.807, 2.05) is 0 Å². The van der Waals surface area contributed by atoms with E-state index in [1.165, 1.54) is 38.6 Å². The molecule has 1 saturated carbocycles. The van der Waals surface area contributed by atoms with Crippen molar-refractivity contribution in [1.29, 1.82) is 0 Å². The van der Waals surface area contributed by atoms with Crippen LogP contribution in [0.1, 0.15) is 52.9 Å². The van der Waals surface area contributed by atoms with Crippen LogP contribution in [0.4, 0.5) is 0 Å². The Morgan fingerprint density at radius 1 is 1.21 bits per heavy atom. The minimum atomic E-state index is 0.242. The van der Waals surface area contributed by atoms with E-state index in [0.717, 1.165) is 37.8 Å². The van der Waals surface area contributed by atoms with Crippen molar-refractivity contribution in [3.8, 4) is 0 Å². The quantitative estimate of drug-likeness (QED) is 0.744. The molecular formula is C16H32N2O. The van der Waals surface area contributed by atoms with Gasteiger partial charge in [-0.15, -0.1) is 0 Å². The van der Waals surface area contributed by atoms with Gasteiger partial charge in [-0.2, -0.15) is 0 Å². The van der Waals surface area contributed by atoms with Crippen LogP contribution in [0.5, 0.6) is 0 Å². The molecule has 0 radical (unpaired) electrons. The maximum atomic E-state index is 5.59. The van der Waals surface area contributed by atoms with E-state index in [4.69, 9.17) is 4.74 Å². The molecule has 3 heteroatoms. The van der Waals surface area contributed by atoms with Crippen molar-refractivity contribution in [2.75, 3.05) is 26.3 Å². The molecule has 1 saturated heterocycles. The second-order valence-corrected chi connectivity index (χ2v) is 7.09. The van der Waals surface area contributed by atoms with Crippen molar-refractivity contribution in [2.45, 2.75) is 65.0 Å². The first-order valence-electron chi connectivity index (χ1n) is 8.17. The number of rotatable bonds is 7. The van der Waals surface area contributed by atoms with Crippen molar-refractivity contribution in [2.24, 2.45) is 11.3 Å². The Balaban J connectivity index is 1.77. The monoisotopic (exact) mass is 268 g/mol. The molecule has 2 N–H and O–H groups in total. The highest BCUT2D eigenvalue weighted by Crippen LogP contribution is 2.32. The van der Waals surface area contributed by atoms with Gasteiger partial charge in [0.2, 0.25) is 0 Å². The van der Waals surface area contributed by atoms with Gasteiger partial charge in [0.1, 0.15) is 0 Å². The van der Waals surface area contributed by atoms with E-state index in [2.05, 4.69) is 31.4 Å². The van der Waals surface area contributed by atoms with Crippen LogP contribution < -0.4 is 10.6 Å². The van der Waals surface area contributed by atoms with Gasteiger partial charge in [-0.1, -0.05) is 20.3 Å². The Hall–Kier alpha value is -0.120. The number of hydrogen-bond donors (Lipinski definition) is 2. The molecule has 0 aromatic heterocycles. The SMILES string of the molecule is CCOCC(C)(C)CNC1CCCC1C1CCCN1. The lowest BCUT2D eigenvalue weighted by atomic mass is 9.90. The fraction of sp³-hybridized carbons (Fsp3) is 1.00. The van der Waals surface area contributed by atoms with E-state index in [9.17, 15) is 0 Å². The Bertz CT molecular complexity index is 261. The van der Waals surface area contributed by atoms with Crippen LogP contribution in [-0.2, 0) is 4.74 Å². The molecule has 3 unspecified atom stereocenters. The molecule has 1 aliphatic carbocycles. The van der Waals surface area contributed by atoms with Gasteiger partial charge < -0.3 is 15.4 Å². The Kier molecular flexibility index (Phi) is 5.67. The maximum Gasteiger partial charge on any atom is 0.0529 e. The van der Waals surface area contributed by atoms with Crippen LogP contribution in [0, 0.1) is 11.3 Å². The van der Waals surface area contributed by atoms with E-state index in [-0.39, 0.29) is 5.41 Å². The normalized spacial score (nSPS) is 32.1. The van der Waals surface area contributed by atoms with E-state index < -0.39 is 0 Å². The molecule has 19 heavy (non-hydrogen) atoms. The lowest BCUT2D eigenvalue weighted by Gasteiger charge is -2.31. The highest BCUT2D eigenvalue weighted by atomic mass is 16.5. The lowest BCUT2D eigenvalue weighted by Crippen LogP contribution is -2.45. The third-order valence-electron chi connectivity index (χ3n) is 4.72. The van der Waals surface area contributed by atoms with Crippen molar-refractivity contribution in [3.05, 3.63) is 0 Å². The Morgan fingerprint density at radius 3 is 2.74 bits per heavy atom. The number of ether oxygens (including phenoxy) is 1. The Labute approximate surface area is 118 Å². The zero-order chi connectivity index (χ0) is 13.7. The minimum Gasteiger partial charge on any atom is -0.381 e. The summed E-state index contributed by atoms with van der Waals surface area (Å²) in [6, 6.07) is 1.49. The second-order valence-electron chi connectivity index (χ2n) is 7.09. The molecule has 1 heterocycles. The zero-order valence-corrected chi connectivity index (χ0v) is 13.0. The average Bonchev–Trinajstić information content (AvgIpc) is 3.04. The molecule has 112 valence electrons. The third-order valence-corrected chi connectivity index (χ3v) is 4.72. The van der Waals surface area contributed by atoms with E-state index in [0.29, 0.717) is 0 Å². The first kappa shape index (κ1) is 15.3. The van der Waals surface area contributed by atoms with Crippen molar-refractivity contribution in [3.63, 3.8) is 0 Å². The first-order chi connectivity index (χ1) is 9.12. The summed E-state index contributed by atoms with van der Waals surface area (Å²) < 4.78 is 5.59. The van der Waals surface area contributed by atoms with Crippen molar-refractivity contribution in [1.82, 2.24) is 10.6 Å². The molecule has 2 rings (SSSR count). The van der Waals surface area contributed by atoms with Gasteiger partial charge in [-0.3, -0.25) is 0 Å². The molecule has 0 bridgehead atoms. The van der Waals surface area contributed by atoms with E-state index in [1.54, 1.807) is 0 Å². The predicted octanol–water partition coefficient (Wildman–Crippen LogP) is 2.56. The first-order valence-corrected chi connectivity index (χ1v) is 8.17. The summed E-state index contributed by atoms with van der Waals surface area (Å²) in [6.07, 6.45) is 6.90. The van der Waals surface area contributed by atoms with Crippen LogP contribution in [-0.4, -0.2) is 38.4 Å². The standard InChI is InChI=1S/C16H32N2O/c1-4-19-12-16(2,3)11-18-15-8-5-7-13(15)14-9-6-10-17-14/h13-15,17-18H,4-12H2,1-3H3. The molecule has 3 nitrogen and oxygen atoms in total. The molecule has 1 aliphatic heterocycles. The largest absolute Gasteiger partial charge is 0.381 e. The highest BCUT2D eigenvalue weighted by Gasteiger charge is 2.35. The van der Waals surface area contributed by atoms with Crippen LogP contribution in [0.2, 0.25) is 0 Å². The summed E-state index contributed by atoms with van der Waals surface area (Å²) in [5.41, 5.74) is 0.242. The smallest absolute Gasteiger partial charge is 0.0529 e. The molecule has 0 spiro atoms. The number of nitrogens with one attached hydrogen (secondary N) is 2.